The first kappa shape index (κ1) is 20.6. The van der Waals surface area contributed by atoms with E-state index in [-0.39, 0.29) is 37.2 Å². The van der Waals surface area contributed by atoms with E-state index < -0.39 is 12.0 Å². The second-order valence-electron chi connectivity index (χ2n) is 6.61. The summed E-state index contributed by atoms with van der Waals surface area (Å²) in [6.07, 6.45) is -0.678. The Morgan fingerprint density at radius 3 is 2.61 bits per heavy atom. The maximum Gasteiger partial charge on any atom is 0.233 e. The zero-order valence-electron chi connectivity index (χ0n) is 14.8. The van der Waals surface area contributed by atoms with Crippen LogP contribution in [0.5, 0.6) is 5.75 Å². The summed E-state index contributed by atoms with van der Waals surface area (Å²) in [6, 6.07) is 10.5. The van der Waals surface area contributed by atoms with Gasteiger partial charge in [-0.3, -0.25) is 14.5 Å². The van der Waals surface area contributed by atoms with Gasteiger partial charge < -0.3 is 9.84 Å². The SMILES string of the molecule is O=C1CC(Cc2ccc(F)cc2)C(=O)N1CC(O)COc1cc(Cl)ccc1Cl. The maximum atomic E-state index is 13.0. The van der Waals surface area contributed by atoms with Gasteiger partial charge in [-0.25, -0.2) is 4.39 Å². The van der Waals surface area contributed by atoms with Crippen molar-refractivity contribution in [2.45, 2.75) is 18.9 Å². The van der Waals surface area contributed by atoms with Gasteiger partial charge in [0, 0.05) is 17.5 Å². The van der Waals surface area contributed by atoms with Gasteiger partial charge >= 0.3 is 0 Å². The molecule has 1 aliphatic rings. The highest BCUT2D eigenvalue weighted by Crippen LogP contribution is 2.28. The molecule has 1 aliphatic heterocycles. The number of ether oxygens (including phenoxy) is 1. The van der Waals surface area contributed by atoms with Crippen molar-refractivity contribution in [3.63, 3.8) is 0 Å². The fourth-order valence-electron chi connectivity index (χ4n) is 3.05. The average Bonchev–Trinajstić information content (AvgIpc) is 2.92. The molecule has 8 heteroatoms. The van der Waals surface area contributed by atoms with Crippen LogP contribution in [0.25, 0.3) is 0 Å². The van der Waals surface area contributed by atoms with Gasteiger partial charge in [0.2, 0.25) is 11.8 Å². The maximum absolute atomic E-state index is 13.0. The Kier molecular flexibility index (Phi) is 6.54. The third kappa shape index (κ3) is 5.01. The van der Waals surface area contributed by atoms with Crippen LogP contribution in [0.2, 0.25) is 10.0 Å². The van der Waals surface area contributed by atoms with Crippen LogP contribution in [0.15, 0.2) is 42.5 Å². The molecule has 0 radical (unpaired) electrons. The van der Waals surface area contributed by atoms with E-state index >= 15 is 0 Å². The fraction of sp³-hybridized carbons (Fsp3) is 0.300. The number of aliphatic hydroxyl groups excluding tert-OH is 1. The normalized spacial score (nSPS) is 17.9. The molecule has 0 bridgehead atoms. The number of halogens is 3. The van der Waals surface area contributed by atoms with Crippen molar-refractivity contribution in [2.24, 2.45) is 5.92 Å². The summed E-state index contributed by atoms with van der Waals surface area (Å²) in [7, 11) is 0. The predicted octanol–water partition coefficient (Wildman–Crippen LogP) is 3.49. The second-order valence-corrected chi connectivity index (χ2v) is 7.46. The van der Waals surface area contributed by atoms with Crippen molar-refractivity contribution >= 4 is 35.0 Å². The summed E-state index contributed by atoms with van der Waals surface area (Å²) in [5.41, 5.74) is 0.772. The number of carbonyl (C=O) groups is 2. The van der Waals surface area contributed by atoms with Gasteiger partial charge in [-0.2, -0.15) is 0 Å². The van der Waals surface area contributed by atoms with Crippen molar-refractivity contribution in [3.05, 3.63) is 63.9 Å². The fourth-order valence-corrected chi connectivity index (χ4v) is 3.38. The van der Waals surface area contributed by atoms with Crippen LogP contribution in [0, 0.1) is 11.7 Å². The Labute approximate surface area is 171 Å². The van der Waals surface area contributed by atoms with E-state index in [2.05, 4.69) is 0 Å². The van der Waals surface area contributed by atoms with Crippen LogP contribution in [0.1, 0.15) is 12.0 Å². The molecule has 3 rings (SSSR count). The summed E-state index contributed by atoms with van der Waals surface area (Å²) in [5.74, 6) is -1.27. The number of aliphatic hydroxyl groups is 1. The van der Waals surface area contributed by atoms with Crippen molar-refractivity contribution in [1.29, 1.82) is 0 Å². The van der Waals surface area contributed by atoms with E-state index in [0.29, 0.717) is 22.2 Å². The number of rotatable bonds is 7. The lowest BCUT2D eigenvalue weighted by molar-refractivity contribution is -0.141. The smallest absolute Gasteiger partial charge is 0.233 e. The number of β-amino-alcohol motifs (C(OH)–C–C–N with tert-alkyl or cyclic N) is 1. The third-order valence-corrected chi connectivity index (χ3v) is 5.00. The molecular formula is C20H18Cl2FNO4. The Balaban J connectivity index is 1.56. The minimum absolute atomic E-state index is 0.0594. The number of carbonyl (C=O) groups excluding carboxylic acids is 2. The van der Waals surface area contributed by atoms with Crippen molar-refractivity contribution in [3.8, 4) is 5.75 Å². The summed E-state index contributed by atoms with van der Waals surface area (Å²) < 4.78 is 18.4. The van der Waals surface area contributed by atoms with Crippen molar-refractivity contribution < 1.29 is 23.8 Å². The first-order chi connectivity index (χ1) is 13.3. The number of amides is 2. The molecule has 1 fully saturated rings. The Morgan fingerprint density at radius 1 is 1.18 bits per heavy atom. The van der Waals surface area contributed by atoms with E-state index in [1.165, 1.54) is 18.2 Å². The molecule has 1 saturated heterocycles. The Bertz CT molecular complexity index is 875. The molecule has 1 heterocycles. The van der Waals surface area contributed by atoms with Gasteiger partial charge in [-0.1, -0.05) is 35.3 Å². The highest BCUT2D eigenvalue weighted by atomic mass is 35.5. The standard InChI is InChI=1S/C20H18Cl2FNO4/c21-14-3-6-17(22)18(9-14)28-11-16(25)10-24-19(26)8-13(20(24)27)7-12-1-4-15(23)5-2-12/h1-6,9,13,16,25H,7-8,10-11H2. The summed E-state index contributed by atoms with van der Waals surface area (Å²) in [6.45, 7) is -0.324. The van der Waals surface area contributed by atoms with Crippen molar-refractivity contribution in [1.82, 2.24) is 4.90 Å². The van der Waals surface area contributed by atoms with E-state index in [1.807, 2.05) is 0 Å². The second kappa shape index (κ2) is 8.90. The summed E-state index contributed by atoms with van der Waals surface area (Å²) in [5, 5.41) is 11.0. The van der Waals surface area contributed by atoms with E-state index in [4.69, 9.17) is 27.9 Å². The number of likely N-dealkylation sites (tertiary alicyclic amines) is 1. The zero-order chi connectivity index (χ0) is 20.3. The van der Waals surface area contributed by atoms with Crippen LogP contribution < -0.4 is 4.74 Å². The quantitative estimate of drug-likeness (QED) is 0.689. The van der Waals surface area contributed by atoms with Gasteiger partial charge in [0.25, 0.3) is 0 Å². The van der Waals surface area contributed by atoms with Crippen LogP contribution in [0.3, 0.4) is 0 Å². The van der Waals surface area contributed by atoms with Crippen LogP contribution in [-0.2, 0) is 16.0 Å². The highest BCUT2D eigenvalue weighted by molar-refractivity contribution is 6.34. The molecule has 1 N–H and O–H groups in total. The molecule has 2 atom stereocenters. The number of imide groups is 1. The van der Waals surface area contributed by atoms with Gasteiger partial charge in [0.05, 0.1) is 17.5 Å². The van der Waals surface area contributed by atoms with Gasteiger partial charge in [0.1, 0.15) is 24.3 Å². The number of hydrogen-bond donors (Lipinski definition) is 1. The van der Waals surface area contributed by atoms with Crippen LogP contribution in [0.4, 0.5) is 4.39 Å². The summed E-state index contributed by atoms with van der Waals surface area (Å²) >= 11 is 11.9. The van der Waals surface area contributed by atoms with E-state index in [0.717, 1.165) is 10.5 Å². The molecule has 0 aliphatic carbocycles. The molecule has 0 spiro atoms. The molecule has 2 amide bonds. The monoisotopic (exact) mass is 425 g/mol. The number of nitrogens with zero attached hydrogens (tertiary/aromatic N) is 1. The first-order valence-corrected chi connectivity index (χ1v) is 9.43. The molecule has 2 aromatic rings. The lowest BCUT2D eigenvalue weighted by Gasteiger charge is -2.20. The molecule has 28 heavy (non-hydrogen) atoms. The van der Waals surface area contributed by atoms with E-state index in [9.17, 15) is 19.1 Å². The minimum atomic E-state index is -1.08. The minimum Gasteiger partial charge on any atom is -0.489 e. The molecule has 2 aromatic carbocycles. The van der Waals surface area contributed by atoms with Crippen LogP contribution >= 0.6 is 23.2 Å². The van der Waals surface area contributed by atoms with Gasteiger partial charge in [-0.05, 0) is 36.2 Å². The molecular weight excluding hydrogens is 408 g/mol. The lowest BCUT2D eigenvalue weighted by Crippen LogP contribution is -2.39. The number of hydrogen-bond acceptors (Lipinski definition) is 4. The third-order valence-electron chi connectivity index (χ3n) is 4.45. The number of benzene rings is 2. The Morgan fingerprint density at radius 2 is 1.89 bits per heavy atom. The average molecular weight is 426 g/mol. The topological polar surface area (TPSA) is 66.8 Å². The lowest BCUT2D eigenvalue weighted by atomic mass is 9.98. The molecule has 2 unspecified atom stereocenters. The Hall–Kier alpha value is -2.15. The van der Waals surface area contributed by atoms with Crippen molar-refractivity contribution in [2.75, 3.05) is 13.2 Å². The predicted molar refractivity (Wildman–Crippen MR) is 103 cm³/mol. The zero-order valence-corrected chi connectivity index (χ0v) is 16.3. The first-order valence-electron chi connectivity index (χ1n) is 8.68. The largest absolute Gasteiger partial charge is 0.489 e. The highest BCUT2D eigenvalue weighted by Gasteiger charge is 2.39. The molecule has 5 nitrogen and oxygen atoms in total. The molecule has 148 valence electrons. The van der Waals surface area contributed by atoms with Crippen LogP contribution in [-0.4, -0.2) is 41.1 Å². The van der Waals surface area contributed by atoms with Gasteiger partial charge in [-0.15, -0.1) is 0 Å². The molecule has 0 saturated carbocycles. The van der Waals surface area contributed by atoms with Gasteiger partial charge in [0.15, 0.2) is 0 Å². The molecule has 0 aromatic heterocycles. The summed E-state index contributed by atoms with van der Waals surface area (Å²) in [4.78, 5) is 25.8. The van der Waals surface area contributed by atoms with E-state index in [1.54, 1.807) is 24.3 Å².